The summed E-state index contributed by atoms with van der Waals surface area (Å²) < 4.78 is 10.8. The number of hydrazine groups is 1. The minimum Gasteiger partial charge on any atom is -0.496 e. The molecule has 2 amide bonds. The molecule has 1 heterocycles. The summed E-state index contributed by atoms with van der Waals surface area (Å²) in [6.07, 6.45) is 1.51. The molecule has 1 saturated heterocycles. The van der Waals surface area contributed by atoms with Crippen LogP contribution in [0.15, 0.2) is 52.5 Å². The smallest absolute Gasteiger partial charge is 0.338 e. The molecule has 0 atom stereocenters. The Balaban J connectivity index is 1.83. The number of carbonyl (C=O) groups excluding carboxylic acids is 3. The number of rotatable bonds is 5. The molecule has 0 unspecified atom stereocenters. The van der Waals surface area contributed by atoms with Crippen molar-refractivity contribution < 1.29 is 23.9 Å². The van der Waals surface area contributed by atoms with Crippen LogP contribution in [0.3, 0.4) is 0 Å². The number of benzene rings is 2. The predicted octanol–water partition coefficient (Wildman–Crippen LogP) is 3.10. The molecule has 1 N–H and O–H groups in total. The molecule has 0 spiro atoms. The highest BCUT2D eigenvalue weighted by atomic mass is 79.9. The number of hydrogen-bond acceptors (Lipinski definition) is 5. The molecule has 1 aliphatic heterocycles. The summed E-state index contributed by atoms with van der Waals surface area (Å²) >= 11 is 3.38. The van der Waals surface area contributed by atoms with E-state index in [1.807, 2.05) is 0 Å². The molecule has 0 aliphatic carbocycles. The fourth-order valence-electron chi connectivity index (χ4n) is 2.64. The van der Waals surface area contributed by atoms with Crippen LogP contribution in [0.4, 0.5) is 5.69 Å². The van der Waals surface area contributed by atoms with Gasteiger partial charge in [0.05, 0.1) is 29.4 Å². The Hall–Kier alpha value is -3.13. The van der Waals surface area contributed by atoms with Gasteiger partial charge in [-0.15, -0.1) is 0 Å². The van der Waals surface area contributed by atoms with Crippen LogP contribution in [0.2, 0.25) is 0 Å². The van der Waals surface area contributed by atoms with Crippen molar-refractivity contribution in [2.75, 3.05) is 18.7 Å². The average Bonchev–Trinajstić information content (AvgIpc) is 2.97. The quantitative estimate of drug-likeness (QED) is 0.435. The molecule has 0 radical (unpaired) electrons. The third-order valence-corrected chi connectivity index (χ3v) is 4.63. The number of anilines is 1. The minimum atomic E-state index is -0.508. The van der Waals surface area contributed by atoms with E-state index in [1.165, 1.54) is 18.2 Å². The summed E-state index contributed by atoms with van der Waals surface area (Å²) in [6.45, 7) is 2.00. The number of nitrogens with one attached hydrogen (secondary N) is 1. The third kappa shape index (κ3) is 3.91. The van der Waals surface area contributed by atoms with Crippen molar-refractivity contribution in [2.24, 2.45) is 0 Å². The van der Waals surface area contributed by atoms with Crippen LogP contribution < -0.4 is 15.2 Å². The van der Waals surface area contributed by atoms with Crippen molar-refractivity contribution in [3.63, 3.8) is 0 Å². The van der Waals surface area contributed by atoms with E-state index in [2.05, 4.69) is 21.4 Å². The van der Waals surface area contributed by atoms with Crippen LogP contribution in [0.5, 0.6) is 5.75 Å². The SMILES string of the molecule is CCOC(=O)c1ccc(N2NC(=O)C(=Cc3ccc(OC)c(Br)c3)C2=O)cc1. The molecule has 2 aromatic carbocycles. The molecule has 7 nitrogen and oxygen atoms in total. The van der Waals surface area contributed by atoms with Gasteiger partial charge in [-0.3, -0.25) is 15.0 Å². The zero-order valence-corrected chi connectivity index (χ0v) is 16.8. The molecule has 0 bridgehead atoms. The number of esters is 1. The standard InChI is InChI=1S/C20H17BrN2O5/c1-3-28-20(26)13-5-7-14(8-6-13)23-19(25)15(18(24)22-23)10-12-4-9-17(27-2)16(21)11-12/h4-11H,3H2,1-2H3,(H,22,24). The number of halogens is 1. The molecule has 1 aliphatic rings. The van der Waals surface area contributed by atoms with Gasteiger partial charge in [0.2, 0.25) is 0 Å². The summed E-state index contributed by atoms with van der Waals surface area (Å²) in [5.41, 5.74) is 4.00. The summed E-state index contributed by atoms with van der Waals surface area (Å²) in [4.78, 5) is 36.7. The van der Waals surface area contributed by atoms with Gasteiger partial charge in [-0.05, 0) is 70.9 Å². The van der Waals surface area contributed by atoms with Gasteiger partial charge >= 0.3 is 5.97 Å². The third-order valence-electron chi connectivity index (χ3n) is 4.01. The zero-order chi connectivity index (χ0) is 20.3. The topological polar surface area (TPSA) is 84.9 Å². The normalized spacial score (nSPS) is 15.0. The first-order chi connectivity index (χ1) is 13.4. The molecule has 8 heteroatoms. The lowest BCUT2D eigenvalue weighted by atomic mass is 10.1. The maximum absolute atomic E-state index is 12.7. The highest BCUT2D eigenvalue weighted by molar-refractivity contribution is 9.10. The Bertz CT molecular complexity index is 969. The second kappa shape index (κ2) is 8.26. The van der Waals surface area contributed by atoms with Gasteiger partial charge in [-0.1, -0.05) is 6.07 Å². The number of carbonyl (C=O) groups is 3. The van der Waals surface area contributed by atoms with Crippen LogP contribution in [-0.4, -0.2) is 31.5 Å². The first-order valence-electron chi connectivity index (χ1n) is 8.42. The second-order valence-corrected chi connectivity index (χ2v) is 6.66. The van der Waals surface area contributed by atoms with Gasteiger partial charge < -0.3 is 9.47 Å². The Morgan fingerprint density at radius 3 is 2.50 bits per heavy atom. The van der Waals surface area contributed by atoms with E-state index >= 15 is 0 Å². The fourth-order valence-corrected chi connectivity index (χ4v) is 3.20. The Morgan fingerprint density at radius 2 is 1.89 bits per heavy atom. The maximum atomic E-state index is 12.7. The van der Waals surface area contributed by atoms with E-state index in [4.69, 9.17) is 9.47 Å². The number of methoxy groups -OCH3 is 1. The van der Waals surface area contributed by atoms with Crippen LogP contribution >= 0.6 is 15.9 Å². The number of hydrogen-bond donors (Lipinski definition) is 1. The number of ether oxygens (including phenoxy) is 2. The van der Waals surface area contributed by atoms with Crippen LogP contribution in [0, 0.1) is 0 Å². The van der Waals surface area contributed by atoms with Crippen LogP contribution in [0.25, 0.3) is 6.08 Å². The van der Waals surface area contributed by atoms with Crippen molar-refractivity contribution in [3.8, 4) is 5.75 Å². The number of nitrogens with zero attached hydrogens (tertiary/aromatic N) is 1. The van der Waals surface area contributed by atoms with Crippen LogP contribution in [0.1, 0.15) is 22.8 Å². The van der Waals surface area contributed by atoms with E-state index in [9.17, 15) is 14.4 Å². The summed E-state index contributed by atoms with van der Waals surface area (Å²) in [5.74, 6) is -0.795. The fraction of sp³-hybridized carbons (Fsp3) is 0.150. The van der Waals surface area contributed by atoms with Gasteiger partial charge in [0.1, 0.15) is 11.3 Å². The second-order valence-electron chi connectivity index (χ2n) is 5.80. The first-order valence-corrected chi connectivity index (χ1v) is 9.21. The Kier molecular flexibility index (Phi) is 5.79. The monoisotopic (exact) mass is 444 g/mol. The number of amides is 2. The van der Waals surface area contributed by atoms with Gasteiger partial charge in [0.15, 0.2) is 0 Å². The average molecular weight is 445 g/mol. The van der Waals surface area contributed by atoms with E-state index < -0.39 is 17.8 Å². The van der Waals surface area contributed by atoms with E-state index in [0.717, 1.165) is 5.01 Å². The van der Waals surface area contributed by atoms with Crippen molar-refractivity contribution >= 4 is 45.5 Å². The summed E-state index contributed by atoms with van der Waals surface area (Å²) in [5, 5.41) is 1.14. The summed E-state index contributed by atoms with van der Waals surface area (Å²) in [7, 11) is 1.55. The molecular formula is C20H17BrN2O5. The van der Waals surface area contributed by atoms with E-state index in [-0.39, 0.29) is 12.2 Å². The van der Waals surface area contributed by atoms with E-state index in [1.54, 1.807) is 44.4 Å². The van der Waals surface area contributed by atoms with Crippen molar-refractivity contribution in [1.82, 2.24) is 5.43 Å². The molecular weight excluding hydrogens is 428 g/mol. The Labute approximate surface area is 170 Å². The molecule has 0 aromatic heterocycles. The Morgan fingerprint density at radius 1 is 1.18 bits per heavy atom. The van der Waals surface area contributed by atoms with Crippen molar-refractivity contribution in [3.05, 3.63) is 63.6 Å². The molecule has 2 aromatic rings. The van der Waals surface area contributed by atoms with E-state index in [0.29, 0.717) is 27.0 Å². The first kappa shape index (κ1) is 19.6. The molecule has 0 saturated carbocycles. The van der Waals surface area contributed by atoms with Gasteiger partial charge in [-0.25, -0.2) is 9.80 Å². The lowest BCUT2D eigenvalue weighted by Crippen LogP contribution is -2.35. The lowest BCUT2D eigenvalue weighted by molar-refractivity contribution is -0.117. The highest BCUT2D eigenvalue weighted by Gasteiger charge is 2.34. The summed E-state index contributed by atoms with van der Waals surface area (Å²) in [6, 6.07) is 11.4. The minimum absolute atomic E-state index is 0.00605. The van der Waals surface area contributed by atoms with Gasteiger partial charge in [-0.2, -0.15) is 0 Å². The largest absolute Gasteiger partial charge is 0.496 e. The maximum Gasteiger partial charge on any atom is 0.338 e. The van der Waals surface area contributed by atoms with Gasteiger partial charge in [0.25, 0.3) is 11.8 Å². The van der Waals surface area contributed by atoms with Gasteiger partial charge in [0, 0.05) is 0 Å². The molecule has 1 fully saturated rings. The molecule has 28 heavy (non-hydrogen) atoms. The highest BCUT2D eigenvalue weighted by Crippen LogP contribution is 2.28. The zero-order valence-electron chi connectivity index (χ0n) is 15.2. The lowest BCUT2D eigenvalue weighted by Gasteiger charge is -2.14. The molecule has 3 rings (SSSR count). The predicted molar refractivity (Wildman–Crippen MR) is 107 cm³/mol. The van der Waals surface area contributed by atoms with Crippen LogP contribution in [-0.2, 0) is 14.3 Å². The van der Waals surface area contributed by atoms with Crippen molar-refractivity contribution in [2.45, 2.75) is 6.92 Å². The molecule has 144 valence electrons. The van der Waals surface area contributed by atoms with Crippen molar-refractivity contribution in [1.29, 1.82) is 0 Å².